The molecular weight excluding hydrogens is 613 g/mol. The van der Waals surface area contributed by atoms with Crippen LogP contribution in [0.25, 0.3) is 0 Å². The van der Waals surface area contributed by atoms with Crippen LogP contribution in [0.1, 0.15) is 38.2 Å². The van der Waals surface area contributed by atoms with Gasteiger partial charge in [-0.3, -0.25) is 13.9 Å². The molecule has 1 unspecified atom stereocenters. The van der Waals surface area contributed by atoms with E-state index in [2.05, 4.69) is 5.32 Å². The molecule has 1 saturated carbocycles. The minimum atomic E-state index is -4.23. The number of hydrogen-bond acceptors (Lipinski definition) is 6. The molecule has 1 fully saturated rings. The van der Waals surface area contributed by atoms with Gasteiger partial charge in [-0.25, -0.2) is 8.42 Å². The Balaban J connectivity index is 1.73. The number of nitrogens with zero attached hydrogens (tertiary/aromatic N) is 2. The fourth-order valence-electron chi connectivity index (χ4n) is 5.04. The zero-order valence-electron chi connectivity index (χ0n) is 24.3. The van der Waals surface area contributed by atoms with Gasteiger partial charge in [-0.1, -0.05) is 60.3 Å². The summed E-state index contributed by atoms with van der Waals surface area (Å²) in [5, 5.41) is 3.70. The maximum absolute atomic E-state index is 14.1. The summed E-state index contributed by atoms with van der Waals surface area (Å²) >= 11 is 12.4. The van der Waals surface area contributed by atoms with Crippen molar-refractivity contribution in [3.8, 4) is 11.5 Å². The van der Waals surface area contributed by atoms with Gasteiger partial charge in [0.2, 0.25) is 11.8 Å². The Morgan fingerprint density at radius 2 is 1.60 bits per heavy atom. The summed E-state index contributed by atoms with van der Waals surface area (Å²) < 4.78 is 39.7. The van der Waals surface area contributed by atoms with Gasteiger partial charge in [0.15, 0.2) is 11.5 Å². The molecule has 0 aromatic heterocycles. The van der Waals surface area contributed by atoms with Gasteiger partial charge in [-0.05, 0) is 61.7 Å². The van der Waals surface area contributed by atoms with E-state index in [9.17, 15) is 18.0 Å². The molecule has 0 heterocycles. The van der Waals surface area contributed by atoms with Crippen LogP contribution in [0.15, 0.2) is 71.6 Å². The summed E-state index contributed by atoms with van der Waals surface area (Å²) in [5.74, 6) is -0.218. The number of halogens is 2. The van der Waals surface area contributed by atoms with Crippen LogP contribution < -0.4 is 19.1 Å². The van der Waals surface area contributed by atoms with E-state index >= 15 is 0 Å². The fourth-order valence-corrected chi connectivity index (χ4v) is 6.79. The van der Waals surface area contributed by atoms with Crippen molar-refractivity contribution in [2.75, 3.05) is 25.1 Å². The lowest BCUT2D eigenvalue weighted by molar-refractivity contribution is -0.139. The molecule has 0 spiro atoms. The van der Waals surface area contributed by atoms with Crippen LogP contribution in [-0.4, -0.2) is 58.0 Å². The number of ether oxygens (including phenoxy) is 2. The highest BCUT2D eigenvalue weighted by Gasteiger charge is 2.33. The quantitative estimate of drug-likeness (QED) is 0.271. The van der Waals surface area contributed by atoms with Gasteiger partial charge in [0, 0.05) is 18.7 Å². The summed E-state index contributed by atoms with van der Waals surface area (Å²) in [6.07, 6.45) is 3.81. The first-order valence-corrected chi connectivity index (χ1v) is 16.1. The molecule has 9 nitrogen and oxygen atoms in total. The van der Waals surface area contributed by atoms with Gasteiger partial charge in [0.25, 0.3) is 10.0 Å². The number of carbonyl (C=O) groups excluding carboxylic acids is 2. The molecule has 1 aliphatic rings. The molecule has 1 N–H and O–H groups in total. The van der Waals surface area contributed by atoms with E-state index in [-0.39, 0.29) is 34.8 Å². The monoisotopic (exact) mass is 647 g/mol. The first-order chi connectivity index (χ1) is 20.5. The molecule has 0 saturated heterocycles. The lowest BCUT2D eigenvalue weighted by atomic mass is 10.1. The second-order valence-electron chi connectivity index (χ2n) is 10.3. The molecule has 43 heavy (non-hydrogen) atoms. The Hall–Kier alpha value is -3.47. The van der Waals surface area contributed by atoms with Crippen molar-refractivity contribution in [1.29, 1.82) is 0 Å². The molecule has 0 bridgehead atoms. The standard InChI is InChI=1S/C31H35Cl2N3O6S/c1-21(31(38)34-23-9-7-8-10-23)35(19-22-13-15-26(32)27(33)17-22)30(37)20-36(43(39,40)25-11-5-4-6-12-25)24-14-16-28(41-2)29(18-24)42-3/h4-6,11-18,21,23H,7-10,19-20H2,1-3H3,(H,34,38). The molecule has 3 aromatic carbocycles. The molecule has 4 rings (SSSR count). The van der Waals surface area contributed by atoms with Crippen molar-refractivity contribution in [2.24, 2.45) is 0 Å². The normalized spacial score (nSPS) is 14.2. The molecule has 2 amide bonds. The summed E-state index contributed by atoms with van der Waals surface area (Å²) in [6, 6.07) is 16.5. The first-order valence-electron chi connectivity index (χ1n) is 13.9. The number of amides is 2. The minimum absolute atomic E-state index is 0.000133. The average molecular weight is 649 g/mol. The highest BCUT2D eigenvalue weighted by Crippen LogP contribution is 2.34. The maximum Gasteiger partial charge on any atom is 0.264 e. The van der Waals surface area contributed by atoms with Crippen molar-refractivity contribution in [3.05, 3.63) is 82.3 Å². The highest BCUT2D eigenvalue weighted by atomic mass is 35.5. The maximum atomic E-state index is 14.1. The lowest BCUT2D eigenvalue weighted by Gasteiger charge is -2.32. The van der Waals surface area contributed by atoms with Crippen LogP contribution in [0.4, 0.5) is 5.69 Å². The van der Waals surface area contributed by atoms with E-state index < -0.39 is 28.5 Å². The van der Waals surface area contributed by atoms with Gasteiger partial charge in [0.05, 0.1) is 34.8 Å². The van der Waals surface area contributed by atoms with E-state index in [0.717, 1.165) is 30.0 Å². The number of benzene rings is 3. The Morgan fingerprint density at radius 3 is 2.23 bits per heavy atom. The molecule has 3 aromatic rings. The summed E-state index contributed by atoms with van der Waals surface area (Å²) in [5.41, 5.74) is 0.819. The molecule has 1 aliphatic carbocycles. The van der Waals surface area contributed by atoms with E-state index in [1.807, 2.05) is 0 Å². The van der Waals surface area contributed by atoms with Crippen LogP contribution in [0.3, 0.4) is 0 Å². The van der Waals surface area contributed by atoms with Crippen LogP contribution >= 0.6 is 23.2 Å². The number of methoxy groups -OCH3 is 2. The van der Waals surface area contributed by atoms with E-state index in [0.29, 0.717) is 21.4 Å². The van der Waals surface area contributed by atoms with E-state index in [4.69, 9.17) is 32.7 Å². The van der Waals surface area contributed by atoms with Gasteiger partial charge < -0.3 is 19.7 Å². The number of carbonyl (C=O) groups is 2. The smallest absolute Gasteiger partial charge is 0.264 e. The van der Waals surface area contributed by atoms with Crippen molar-refractivity contribution in [1.82, 2.24) is 10.2 Å². The van der Waals surface area contributed by atoms with Gasteiger partial charge >= 0.3 is 0 Å². The van der Waals surface area contributed by atoms with Crippen molar-refractivity contribution >= 4 is 50.7 Å². The number of nitrogens with one attached hydrogen (secondary N) is 1. The van der Waals surface area contributed by atoms with Crippen molar-refractivity contribution in [3.63, 3.8) is 0 Å². The predicted octanol–water partition coefficient (Wildman–Crippen LogP) is 5.68. The molecular formula is C31H35Cl2N3O6S. The van der Waals surface area contributed by atoms with Crippen LogP contribution in [0, 0.1) is 0 Å². The molecule has 12 heteroatoms. The average Bonchev–Trinajstić information content (AvgIpc) is 3.53. The number of rotatable bonds is 12. The van der Waals surface area contributed by atoms with Crippen molar-refractivity contribution < 1.29 is 27.5 Å². The lowest BCUT2D eigenvalue weighted by Crippen LogP contribution is -2.52. The molecule has 0 aliphatic heterocycles. The van der Waals surface area contributed by atoms with E-state index in [1.165, 1.54) is 43.4 Å². The van der Waals surface area contributed by atoms with Gasteiger partial charge in [-0.15, -0.1) is 0 Å². The largest absolute Gasteiger partial charge is 0.493 e. The third-order valence-corrected chi connectivity index (χ3v) is 10.00. The second kappa shape index (κ2) is 14.3. The van der Waals surface area contributed by atoms with Gasteiger partial charge in [-0.2, -0.15) is 0 Å². The molecule has 0 radical (unpaired) electrons. The van der Waals surface area contributed by atoms with Crippen LogP contribution in [0.2, 0.25) is 10.0 Å². The Bertz CT molecular complexity index is 1550. The highest BCUT2D eigenvalue weighted by molar-refractivity contribution is 7.92. The van der Waals surface area contributed by atoms with Crippen LogP contribution in [0.5, 0.6) is 11.5 Å². The molecule has 1 atom stereocenters. The van der Waals surface area contributed by atoms with Crippen molar-refractivity contribution in [2.45, 2.75) is 56.1 Å². The predicted molar refractivity (Wildman–Crippen MR) is 167 cm³/mol. The Kier molecular flexibility index (Phi) is 10.8. The van der Waals surface area contributed by atoms with E-state index in [1.54, 1.807) is 49.4 Å². The summed E-state index contributed by atoms with van der Waals surface area (Å²) in [6.45, 7) is 1.04. The minimum Gasteiger partial charge on any atom is -0.493 e. The Morgan fingerprint density at radius 1 is 0.930 bits per heavy atom. The molecule has 230 valence electrons. The number of anilines is 1. The zero-order valence-corrected chi connectivity index (χ0v) is 26.6. The topological polar surface area (TPSA) is 105 Å². The first kappa shape index (κ1) is 32.4. The number of hydrogen-bond donors (Lipinski definition) is 1. The number of sulfonamides is 1. The summed E-state index contributed by atoms with van der Waals surface area (Å²) in [7, 11) is -1.32. The third-order valence-electron chi connectivity index (χ3n) is 7.47. The Labute approximate surface area is 262 Å². The SMILES string of the molecule is COc1ccc(N(CC(=O)N(Cc2ccc(Cl)c(Cl)c2)C(C)C(=O)NC2CCCC2)S(=O)(=O)c2ccccc2)cc1OC. The third kappa shape index (κ3) is 7.74. The zero-order chi connectivity index (χ0) is 31.1. The van der Waals surface area contributed by atoms with Gasteiger partial charge in [0.1, 0.15) is 12.6 Å². The van der Waals surface area contributed by atoms with Crippen LogP contribution in [-0.2, 0) is 26.2 Å². The second-order valence-corrected chi connectivity index (χ2v) is 13.0. The summed E-state index contributed by atoms with van der Waals surface area (Å²) in [4.78, 5) is 28.9. The fraction of sp³-hybridized carbons (Fsp3) is 0.355.